The maximum atomic E-state index is 10.1. The first kappa shape index (κ1) is 15.0. The Morgan fingerprint density at radius 3 is 2.55 bits per heavy atom. The van der Waals surface area contributed by atoms with Crippen molar-refractivity contribution in [1.82, 2.24) is 24.5 Å². The SMILES string of the molecule is Cc1nn2c(O)nc(OC3CCN(C)CC3)nc2c1C(C)C. The number of ether oxygens (including phenoxy) is 1. The highest BCUT2D eigenvalue weighted by Gasteiger charge is 2.22. The molecule has 1 fully saturated rings. The highest BCUT2D eigenvalue weighted by molar-refractivity contribution is 5.53. The Kier molecular flexibility index (Phi) is 3.90. The standard InChI is InChI=1S/C15H23N5O2/c1-9(2)12-10(3)18-20-13(12)16-14(17-15(20)21)22-11-5-7-19(4)8-6-11/h9,11H,5-8H2,1-4H3,(H,16,17,21). The van der Waals surface area contributed by atoms with Gasteiger partial charge in [0.1, 0.15) is 6.10 Å². The molecule has 1 aliphatic heterocycles. The fourth-order valence-corrected chi connectivity index (χ4v) is 3.00. The number of aryl methyl sites for hydroxylation is 1. The minimum atomic E-state index is -0.178. The van der Waals surface area contributed by atoms with Crippen molar-refractivity contribution in [2.24, 2.45) is 0 Å². The van der Waals surface area contributed by atoms with Crippen LogP contribution in [-0.4, -0.2) is 55.8 Å². The first-order valence-electron chi connectivity index (χ1n) is 7.77. The Bertz CT molecular complexity index is 674. The Morgan fingerprint density at radius 1 is 1.23 bits per heavy atom. The van der Waals surface area contributed by atoms with E-state index in [0.29, 0.717) is 5.65 Å². The van der Waals surface area contributed by atoms with Gasteiger partial charge in [0, 0.05) is 18.7 Å². The summed E-state index contributed by atoms with van der Waals surface area (Å²) >= 11 is 0. The molecule has 0 spiro atoms. The van der Waals surface area contributed by atoms with Crippen LogP contribution >= 0.6 is 0 Å². The number of hydrogen-bond acceptors (Lipinski definition) is 6. The van der Waals surface area contributed by atoms with Crippen LogP contribution in [0.4, 0.5) is 0 Å². The van der Waals surface area contributed by atoms with Crippen LogP contribution in [-0.2, 0) is 0 Å². The van der Waals surface area contributed by atoms with Gasteiger partial charge < -0.3 is 14.7 Å². The van der Waals surface area contributed by atoms with Crippen LogP contribution in [0.5, 0.6) is 12.0 Å². The molecule has 0 aliphatic carbocycles. The number of hydrogen-bond donors (Lipinski definition) is 1. The van der Waals surface area contributed by atoms with Crippen LogP contribution in [0.25, 0.3) is 5.65 Å². The summed E-state index contributed by atoms with van der Waals surface area (Å²) in [4.78, 5) is 10.8. The van der Waals surface area contributed by atoms with Gasteiger partial charge in [0.2, 0.25) is 0 Å². The summed E-state index contributed by atoms with van der Waals surface area (Å²) < 4.78 is 7.27. The van der Waals surface area contributed by atoms with E-state index in [1.807, 2.05) is 6.92 Å². The number of aromatic nitrogens is 4. The molecule has 0 saturated carbocycles. The van der Waals surface area contributed by atoms with Gasteiger partial charge in [-0.1, -0.05) is 13.8 Å². The molecule has 1 aliphatic rings. The summed E-state index contributed by atoms with van der Waals surface area (Å²) in [6, 6.07) is 0.0595. The lowest BCUT2D eigenvalue weighted by atomic mass is 10.0. The Morgan fingerprint density at radius 2 is 1.91 bits per heavy atom. The molecule has 3 heterocycles. The van der Waals surface area contributed by atoms with Gasteiger partial charge in [-0.15, -0.1) is 4.98 Å². The zero-order valence-corrected chi connectivity index (χ0v) is 13.6. The van der Waals surface area contributed by atoms with Gasteiger partial charge >= 0.3 is 12.0 Å². The maximum Gasteiger partial charge on any atom is 0.323 e. The van der Waals surface area contributed by atoms with Gasteiger partial charge in [-0.25, -0.2) is 0 Å². The quantitative estimate of drug-likeness (QED) is 0.931. The molecule has 2 aromatic heterocycles. The van der Waals surface area contributed by atoms with Crippen LogP contribution in [0, 0.1) is 6.92 Å². The molecule has 0 atom stereocenters. The maximum absolute atomic E-state index is 10.1. The normalized spacial score (nSPS) is 17.5. The predicted octanol–water partition coefficient (Wildman–Crippen LogP) is 1.73. The number of rotatable bonds is 3. The van der Waals surface area contributed by atoms with Crippen LogP contribution < -0.4 is 4.74 Å². The Balaban J connectivity index is 1.92. The number of fused-ring (bicyclic) bond motifs is 1. The molecule has 0 radical (unpaired) electrons. The highest BCUT2D eigenvalue weighted by Crippen LogP contribution is 2.27. The van der Waals surface area contributed by atoms with Crippen LogP contribution in [0.2, 0.25) is 0 Å². The predicted molar refractivity (Wildman–Crippen MR) is 82.4 cm³/mol. The molecule has 0 unspecified atom stereocenters. The molecule has 2 aromatic rings. The second-order valence-electron chi connectivity index (χ2n) is 6.32. The lowest BCUT2D eigenvalue weighted by molar-refractivity contribution is 0.104. The fourth-order valence-electron chi connectivity index (χ4n) is 3.00. The molecule has 22 heavy (non-hydrogen) atoms. The summed E-state index contributed by atoms with van der Waals surface area (Å²) in [6.45, 7) is 8.09. The second-order valence-corrected chi connectivity index (χ2v) is 6.32. The van der Waals surface area contributed by atoms with E-state index in [9.17, 15) is 5.11 Å². The molecule has 1 N–H and O–H groups in total. The molecule has 0 aromatic carbocycles. The van der Waals surface area contributed by atoms with E-state index in [4.69, 9.17) is 4.74 Å². The minimum absolute atomic E-state index is 0.101. The van der Waals surface area contributed by atoms with Crippen molar-refractivity contribution in [3.05, 3.63) is 11.3 Å². The van der Waals surface area contributed by atoms with Gasteiger partial charge in [-0.3, -0.25) is 0 Å². The third-order valence-corrected chi connectivity index (χ3v) is 4.18. The largest absolute Gasteiger partial charge is 0.479 e. The molecule has 3 rings (SSSR count). The Labute approximate surface area is 129 Å². The second kappa shape index (κ2) is 5.72. The monoisotopic (exact) mass is 305 g/mol. The van der Waals surface area contributed by atoms with Crippen molar-refractivity contribution < 1.29 is 9.84 Å². The first-order chi connectivity index (χ1) is 10.5. The van der Waals surface area contributed by atoms with Gasteiger partial charge in [-0.2, -0.15) is 14.6 Å². The average Bonchev–Trinajstić information content (AvgIpc) is 2.78. The van der Waals surface area contributed by atoms with Crippen molar-refractivity contribution in [2.45, 2.75) is 45.6 Å². The van der Waals surface area contributed by atoms with E-state index in [0.717, 1.165) is 37.2 Å². The molecular formula is C15H23N5O2. The van der Waals surface area contributed by atoms with E-state index in [-0.39, 0.29) is 24.0 Å². The third kappa shape index (κ3) is 2.72. The van der Waals surface area contributed by atoms with Gasteiger partial charge in [0.05, 0.1) is 5.69 Å². The zero-order valence-electron chi connectivity index (χ0n) is 13.6. The molecule has 1 saturated heterocycles. The molecule has 120 valence electrons. The first-order valence-corrected chi connectivity index (χ1v) is 7.77. The van der Waals surface area contributed by atoms with Crippen LogP contribution in [0.15, 0.2) is 0 Å². The molecule has 7 nitrogen and oxygen atoms in total. The topological polar surface area (TPSA) is 75.8 Å². The number of nitrogens with zero attached hydrogens (tertiary/aromatic N) is 5. The summed E-state index contributed by atoms with van der Waals surface area (Å²) in [5.41, 5.74) is 2.50. The Hall–Kier alpha value is -1.89. The van der Waals surface area contributed by atoms with Crippen LogP contribution in [0.3, 0.4) is 0 Å². The van der Waals surface area contributed by atoms with E-state index in [1.54, 1.807) is 0 Å². The van der Waals surface area contributed by atoms with Crippen molar-refractivity contribution >= 4 is 5.65 Å². The van der Waals surface area contributed by atoms with E-state index in [2.05, 4.69) is 40.9 Å². The lowest BCUT2D eigenvalue weighted by Crippen LogP contribution is -2.36. The van der Waals surface area contributed by atoms with Crippen molar-refractivity contribution in [1.29, 1.82) is 0 Å². The molecular weight excluding hydrogens is 282 g/mol. The lowest BCUT2D eigenvalue weighted by Gasteiger charge is -2.28. The van der Waals surface area contributed by atoms with Crippen molar-refractivity contribution in [3.63, 3.8) is 0 Å². The number of aromatic hydroxyl groups is 1. The summed E-state index contributed by atoms with van der Waals surface area (Å²) in [5, 5.41) is 14.4. The van der Waals surface area contributed by atoms with E-state index in [1.165, 1.54) is 4.52 Å². The molecule has 0 amide bonds. The van der Waals surface area contributed by atoms with Gasteiger partial charge in [0.15, 0.2) is 5.65 Å². The van der Waals surface area contributed by atoms with Gasteiger partial charge in [-0.05, 0) is 32.7 Å². The summed E-state index contributed by atoms with van der Waals surface area (Å²) in [6.07, 6.45) is 1.99. The smallest absolute Gasteiger partial charge is 0.323 e. The number of piperidine rings is 1. The molecule has 7 heteroatoms. The number of likely N-dealkylation sites (tertiary alicyclic amines) is 1. The van der Waals surface area contributed by atoms with E-state index >= 15 is 0 Å². The zero-order chi connectivity index (χ0) is 15.9. The summed E-state index contributed by atoms with van der Waals surface area (Å²) in [5.74, 6) is 0.267. The third-order valence-electron chi connectivity index (χ3n) is 4.18. The minimum Gasteiger partial charge on any atom is -0.479 e. The van der Waals surface area contributed by atoms with Crippen molar-refractivity contribution in [3.8, 4) is 12.0 Å². The summed E-state index contributed by atoms with van der Waals surface area (Å²) in [7, 11) is 2.11. The van der Waals surface area contributed by atoms with E-state index < -0.39 is 0 Å². The van der Waals surface area contributed by atoms with Gasteiger partial charge in [0.25, 0.3) is 0 Å². The average molecular weight is 305 g/mol. The highest BCUT2D eigenvalue weighted by atomic mass is 16.5. The van der Waals surface area contributed by atoms with Crippen molar-refractivity contribution in [2.75, 3.05) is 20.1 Å². The fraction of sp³-hybridized carbons (Fsp3) is 0.667. The molecule has 0 bridgehead atoms. The van der Waals surface area contributed by atoms with Crippen LogP contribution in [0.1, 0.15) is 43.9 Å².